The second-order valence-corrected chi connectivity index (χ2v) is 6.32. The molecule has 0 heterocycles. The van der Waals surface area contributed by atoms with Crippen LogP contribution in [0.1, 0.15) is 22.8 Å². The monoisotopic (exact) mass is 407 g/mol. The largest absolute Gasteiger partial charge is 0.493 e. The van der Waals surface area contributed by atoms with Gasteiger partial charge in [-0.1, -0.05) is 35.3 Å². The van der Waals surface area contributed by atoms with Crippen molar-refractivity contribution in [1.82, 2.24) is 5.32 Å². The van der Waals surface area contributed by atoms with E-state index in [0.29, 0.717) is 33.7 Å². The van der Waals surface area contributed by atoms with Crippen molar-refractivity contribution in [3.8, 4) is 11.5 Å². The van der Waals surface area contributed by atoms with E-state index in [2.05, 4.69) is 5.32 Å². The molecule has 2 aromatic rings. The van der Waals surface area contributed by atoms with Gasteiger partial charge in [-0.3, -0.25) is 9.59 Å². The fourth-order valence-electron chi connectivity index (χ4n) is 2.25. The average Bonchev–Trinajstić information content (AvgIpc) is 2.66. The Kier molecular flexibility index (Phi) is 7.70. The van der Waals surface area contributed by atoms with Crippen molar-refractivity contribution in [3.63, 3.8) is 0 Å². The predicted molar refractivity (Wildman–Crippen MR) is 107 cm³/mol. The summed E-state index contributed by atoms with van der Waals surface area (Å²) in [6, 6.07) is 9.85. The van der Waals surface area contributed by atoms with Crippen LogP contribution in [0.5, 0.6) is 11.5 Å². The van der Waals surface area contributed by atoms with Gasteiger partial charge in [-0.15, -0.1) is 0 Å². The van der Waals surface area contributed by atoms with Crippen LogP contribution in [0.25, 0.3) is 6.08 Å². The molecule has 142 valence electrons. The molecule has 1 amide bonds. The number of likely N-dealkylation sites (N-methyl/N-ethyl adjacent to an activating group) is 1. The summed E-state index contributed by atoms with van der Waals surface area (Å²) in [5.41, 5.74) is 1.05. The third-order valence-electron chi connectivity index (χ3n) is 3.54. The van der Waals surface area contributed by atoms with Crippen molar-refractivity contribution in [2.45, 2.75) is 6.92 Å². The number of hydrogen-bond acceptors (Lipinski definition) is 4. The van der Waals surface area contributed by atoms with Crippen LogP contribution in [0.3, 0.4) is 0 Å². The smallest absolute Gasteiger partial charge is 0.257 e. The summed E-state index contributed by atoms with van der Waals surface area (Å²) in [5, 5.41) is 3.42. The molecule has 5 nitrogen and oxygen atoms in total. The number of methoxy groups -OCH3 is 1. The Morgan fingerprint density at radius 2 is 1.89 bits per heavy atom. The van der Waals surface area contributed by atoms with E-state index in [1.807, 2.05) is 6.92 Å². The molecular weight excluding hydrogens is 389 g/mol. The molecule has 2 rings (SSSR count). The summed E-state index contributed by atoms with van der Waals surface area (Å²) in [5.74, 6) is 0.408. The Morgan fingerprint density at radius 1 is 1.11 bits per heavy atom. The zero-order valence-corrected chi connectivity index (χ0v) is 16.4. The number of ketones is 1. The van der Waals surface area contributed by atoms with Crippen LogP contribution in [0.2, 0.25) is 10.0 Å². The normalized spacial score (nSPS) is 10.7. The molecule has 0 fully saturated rings. The highest BCUT2D eigenvalue weighted by molar-refractivity contribution is 6.36. The van der Waals surface area contributed by atoms with Crippen LogP contribution < -0.4 is 14.8 Å². The summed E-state index contributed by atoms with van der Waals surface area (Å²) in [6.07, 6.45) is 3.04. The fraction of sp³-hybridized carbons (Fsp3) is 0.200. The number of hydrogen-bond donors (Lipinski definition) is 1. The van der Waals surface area contributed by atoms with Crippen molar-refractivity contribution in [1.29, 1.82) is 0 Å². The van der Waals surface area contributed by atoms with Gasteiger partial charge in [0.05, 0.1) is 12.1 Å². The van der Waals surface area contributed by atoms with Crippen LogP contribution >= 0.6 is 23.2 Å². The Balaban J connectivity index is 2.12. The number of ether oxygens (including phenoxy) is 2. The first-order valence-electron chi connectivity index (χ1n) is 8.19. The maximum Gasteiger partial charge on any atom is 0.257 e. The van der Waals surface area contributed by atoms with Crippen LogP contribution in [-0.2, 0) is 4.79 Å². The van der Waals surface area contributed by atoms with E-state index >= 15 is 0 Å². The molecule has 0 saturated heterocycles. The number of allylic oxidation sites excluding steroid dienone is 1. The quantitative estimate of drug-likeness (QED) is 0.519. The molecule has 0 bridgehead atoms. The summed E-state index contributed by atoms with van der Waals surface area (Å²) in [6.45, 7) is 2.26. The molecule has 0 aromatic heterocycles. The number of carbonyl (C=O) groups is 2. The molecule has 27 heavy (non-hydrogen) atoms. The SMILES string of the molecule is CCNC(=O)COc1ccc(/C=C/C(=O)c2cc(Cl)ccc2Cl)cc1OC. The van der Waals surface area contributed by atoms with E-state index in [1.54, 1.807) is 36.4 Å². The van der Waals surface area contributed by atoms with E-state index in [9.17, 15) is 9.59 Å². The molecule has 0 aliphatic heterocycles. The first-order valence-corrected chi connectivity index (χ1v) is 8.95. The molecule has 0 aliphatic rings. The number of amides is 1. The molecule has 0 saturated carbocycles. The zero-order valence-electron chi connectivity index (χ0n) is 14.9. The minimum absolute atomic E-state index is 0.106. The third-order valence-corrected chi connectivity index (χ3v) is 4.11. The lowest BCUT2D eigenvalue weighted by molar-refractivity contribution is -0.123. The van der Waals surface area contributed by atoms with Gasteiger partial charge in [-0.05, 0) is 48.9 Å². The predicted octanol–water partition coefficient (Wildman–Crippen LogP) is 4.41. The van der Waals surface area contributed by atoms with E-state index in [-0.39, 0.29) is 18.3 Å². The van der Waals surface area contributed by atoms with Gasteiger partial charge in [0.15, 0.2) is 23.9 Å². The Bertz CT molecular complexity index is 865. The number of benzene rings is 2. The molecule has 2 aromatic carbocycles. The average molecular weight is 408 g/mol. The van der Waals surface area contributed by atoms with Gasteiger partial charge in [0.25, 0.3) is 5.91 Å². The van der Waals surface area contributed by atoms with E-state index in [1.165, 1.54) is 19.3 Å². The summed E-state index contributed by atoms with van der Waals surface area (Å²) in [7, 11) is 1.50. The fourth-order valence-corrected chi connectivity index (χ4v) is 2.63. The molecule has 7 heteroatoms. The van der Waals surface area contributed by atoms with Crippen LogP contribution in [0.15, 0.2) is 42.5 Å². The van der Waals surface area contributed by atoms with Gasteiger partial charge >= 0.3 is 0 Å². The van der Waals surface area contributed by atoms with Gasteiger partial charge in [0.1, 0.15) is 0 Å². The summed E-state index contributed by atoms with van der Waals surface area (Å²) in [4.78, 5) is 23.8. The molecular formula is C20H19Cl2NO4. The first-order chi connectivity index (χ1) is 12.9. The first kappa shape index (κ1) is 20.8. The van der Waals surface area contributed by atoms with Crippen molar-refractivity contribution in [3.05, 3.63) is 63.6 Å². The number of carbonyl (C=O) groups excluding carboxylic acids is 2. The second-order valence-electron chi connectivity index (χ2n) is 5.47. The highest BCUT2D eigenvalue weighted by atomic mass is 35.5. The lowest BCUT2D eigenvalue weighted by Gasteiger charge is -2.11. The summed E-state index contributed by atoms with van der Waals surface area (Å²) < 4.78 is 10.8. The van der Waals surface area contributed by atoms with Crippen molar-refractivity contribution in [2.75, 3.05) is 20.3 Å². The van der Waals surface area contributed by atoms with Crippen LogP contribution in [0, 0.1) is 0 Å². The second kappa shape index (κ2) is 10.00. The van der Waals surface area contributed by atoms with Gasteiger partial charge in [0, 0.05) is 17.1 Å². The highest BCUT2D eigenvalue weighted by Crippen LogP contribution is 2.29. The third kappa shape index (κ3) is 6.01. The minimum atomic E-state index is -0.266. The molecule has 0 spiro atoms. The van der Waals surface area contributed by atoms with Crippen LogP contribution in [0.4, 0.5) is 0 Å². The topological polar surface area (TPSA) is 64.6 Å². The van der Waals surface area contributed by atoms with Gasteiger partial charge in [-0.2, -0.15) is 0 Å². The van der Waals surface area contributed by atoms with Crippen molar-refractivity contribution >= 4 is 41.0 Å². The van der Waals surface area contributed by atoms with Crippen molar-refractivity contribution < 1.29 is 19.1 Å². The van der Waals surface area contributed by atoms with Gasteiger partial charge < -0.3 is 14.8 Å². The Hall–Kier alpha value is -2.50. The lowest BCUT2D eigenvalue weighted by atomic mass is 10.1. The van der Waals surface area contributed by atoms with E-state index in [4.69, 9.17) is 32.7 Å². The number of rotatable bonds is 8. The highest BCUT2D eigenvalue weighted by Gasteiger charge is 2.10. The molecule has 0 atom stereocenters. The lowest BCUT2D eigenvalue weighted by Crippen LogP contribution is -2.28. The standard InChI is InChI=1S/C20H19Cl2NO4/c1-3-23-20(25)12-27-18-9-5-13(10-19(18)26-2)4-8-17(24)15-11-14(21)6-7-16(15)22/h4-11H,3,12H2,1-2H3,(H,23,25)/b8-4+. The molecule has 1 N–H and O–H groups in total. The molecule has 0 aliphatic carbocycles. The number of nitrogens with one attached hydrogen (secondary N) is 1. The molecule has 0 unspecified atom stereocenters. The van der Waals surface area contributed by atoms with E-state index < -0.39 is 0 Å². The van der Waals surface area contributed by atoms with Gasteiger partial charge in [-0.25, -0.2) is 0 Å². The maximum atomic E-state index is 12.3. The maximum absolute atomic E-state index is 12.3. The van der Waals surface area contributed by atoms with Crippen LogP contribution in [-0.4, -0.2) is 32.0 Å². The zero-order chi connectivity index (χ0) is 19.8. The minimum Gasteiger partial charge on any atom is -0.493 e. The van der Waals surface area contributed by atoms with Crippen molar-refractivity contribution in [2.24, 2.45) is 0 Å². The molecule has 0 radical (unpaired) electrons. The Morgan fingerprint density at radius 3 is 2.59 bits per heavy atom. The Labute approximate surface area is 167 Å². The summed E-state index contributed by atoms with van der Waals surface area (Å²) >= 11 is 12.0. The van der Waals surface area contributed by atoms with Gasteiger partial charge in [0.2, 0.25) is 0 Å². The number of halogens is 2. The van der Waals surface area contributed by atoms with E-state index in [0.717, 1.165) is 5.56 Å².